The summed E-state index contributed by atoms with van der Waals surface area (Å²) >= 11 is 0. The predicted octanol–water partition coefficient (Wildman–Crippen LogP) is 1.02. The van der Waals surface area contributed by atoms with Crippen LogP contribution in [-0.2, 0) is 16.0 Å². The summed E-state index contributed by atoms with van der Waals surface area (Å²) in [5.41, 5.74) is 1.07. The molecule has 0 aliphatic heterocycles. The van der Waals surface area contributed by atoms with E-state index in [2.05, 4.69) is 10.6 Å². The summed E-state index contributed by atoms with van der Waals surface area (Å²) in [5, 5.41) is 5.46. The Morgan fingerprint density at radius 3 is 2.50 bits per heavy atom. The molecular weight excluding hydrogens is 256 g/mol. The zero-order chi connectivity index (χ0) is 14.4. The zero-order valence-electron chi connectivity index (χ0n) is 11.6. The molecule has 2 rings (SSSR count). The first kappa shape index (κ1) is 14.4. The van der Waals surface area contributed by atoms with Gasteiger partial charge in [0.25, 0.3) is 0 Å². The van der Waals surface area contributed by atoms with Crippen LogP contribution in [0.4, 0.5) is 0 Å². The number of carbonyl (C=O) groups is 2. The van der Waals surface area contributed by atoms with Gasteiger partial charge < -0.3 is 15.4 Å². The van der Waals surface area contributed by atoms with Crippen LogP contribution in [0.3, 0.4) is 0 Å². The molecule has 1 saturated carbocycles. The van der Waals surface area contributed by atoms with E-state index < -0.39 is 0 Å². The first-order valence-corrected chi connectivity index (χ1v) is 6.86. The van der Waals surface area contributed by atoms with Crippen LogP contribution in [0.1, 0.15) is 24.8 Å². The van der Waals surface area contributed by atoms with Gasteiger partial charge in [-0.25, -0.2) is 0 Å². The van der Waals surface area contributed by atoms with Crippen LogP contribution >= 0.6 is 0 Å². The summed E-state index contributed by atoms with van der Waals surface area (Å²) in [5.74, 6) is 0.590. The molecule has 108 valence electrons. The highest BCUT2D eigenvalue weighted by atomic mass is 16.5. The topological polar surface area (TPSA) is 67.4 Å². The Bertz CT molecular complexity index is 467. The van der Waals surface area contributed by atoms with Gasteiger partial charge >= 0.3 is 0 Å². The Balaban J connectivity index is 1.64. The molecule has 0 bridgehead atoms. The van der Waals surface area contributed by atoms with Crippen molar-refractivity contribution in [2.75, 3.05) is 13.7 Å². The van der Waals surface area contributed by atoms with Crippen molar-refractivity contribution in [3.05, 3.63) is 29.8 Å². The lowest BCUT2D eigenvalue weighted by molar-refractivity contribution is -0.126. The molecule has 0 atom stereocenters. The molecule has 1 aliphatic rings. The number of ether oxygens (including phenoxy) is 1. The van der Waals surface area contributed by atoms with Gasteiger partial charge in [0.15, 0.2) is 0 Å². The SMILES string of the molecule is COc1ccc(CCC(=O)NCC(=O)NC2CC2)cc1. The van der Waals surface area contributed by atoms with E-state index in [4.69, 9.17) is 4.74 Å². The third-order valence-corrected chi connectivity index (χ3v) is 3.19. The van der Waals surface area contributed by atoms with Crippen molar-refractivity contribution in [3.63, 3.8) is 0 Å². The van der Waals surface area contributed by atoms with E-state index in [9.17, 15) is 9.59 Å². The van der Waals surface area contributed by atoms with Gasteiger partial charge in [-0.1, -0.05) is 12.1 Å². The van der Waals surface area contributed by atoms with Crippen LogP contribution in [0.25, 0.3) is 0 Å². The Morgan fingerprint density at radius 1 is 1.20 bits per heavy atom. The lowest BCUT2D eigenvalue weighted by Gasteiger charge is -2.06. The van der Waals surface area contributed by atoms with Crippen molar-refractivity contribution in [1.82, 2.24) is 10.6 Å². The first-order chi connectivity index (χ1) is 9.67. The number of carbonyl (C=O) groups excluding carboxylic acids is 2. The normalized spacial score (nSPS) is 13.7. The summed E-state index contributed by atoms with van der Waals surface area (Å²) in [6.45, 7) is 0.0674. The minimum Gasteiger partial charge on any atom is -0.497 e. The van der Waals surface area contributed by atoms with E-state index in [1.54, 1.807) is 7.11 Å². The second-order valence-corrected chi connectivity index (χ2v) is 4.97. The smallest absolute Gasteiger partial charge is 0.239 e. The number of benzene rings is 1. The second kappa shape index (κ2) is 6.93. The molecule has 0 spiro atoms. The number of amides is 2. The van der Waals surface area contributed by atoms with E-state index in [1.165, 1.54) is 0 Å². The first-order valence-electron chi connectivity index (χ1n) is 6.86. The lowest BCUT2D eigenvalue weighted by Crippen LogP contribution is -2.37. The van der Waals surface area contributed by atoms with E-state index in [1.807, 2.05) is 24.3 Å². The maximum absolute atomic E-state index is 11.6. The molecule has 0 saturated heterocycles. The lowest BCUT2D eigenvalue weighted by atomic mass is 10.1. The number of aryl methyl sites for hydroxylation is 1. The maximum atomic E-state index is 11.6. The third kappa shape index (κ3) is 4.91. The summed E-state index contributed by atoms with van der Waals surface area (Å²) in [6.07, 6.45) is 3.14. The minimum atomic E-state index is -0.106. The van der Waals surface area contributed by atoms with Gasteiger partial charge in [0.05, 0.1) is 13.7 Å². The van der Waals surface area contributed by atoms with E-state index in [0.29, 0.717) is 18.9 Å². The van der Waals surface area contributed by atoms with Crippen molar-refractivity contribution in [2.45, 2.75) is 31.7 Å². The Kier molecular flexibility index (Phi) is 4.98. The summed E-state index contributed by atoms with van der Waals surface area (Å²) in [7, 11) is 1.62. The van der Waals surface area contributed by atoms with Crippen molar-refractivity contribution >= 4 is 11.8 Å². The second-order valence-electron chi connectivity index (χ2n) is 4.97. The molecule has 1 aromatic carbocycles. The van der Waals surface area contributed by atoms with Gasteiger partial charge in [0, 0.05) is 12.5 Å². The highest BCUT2D eigenvalue weighted by molar-refractivity contribution is 5.85. The molecule has 0 aromatic heterocycles. The highest BCUT2D eigenvalue weighted by Gasteiger charge is 2.23. The fourth-order valence-corrected chi connectivity index (χ4v) is 1.82. The van der Waals surface area contributed by atoms with Gasteiger partial charge in [-0.05, 0) is 37.0 Å². The highest BCUT2D eigenvalue weighted by Crippen LogP contribution is 2.18. The predicted molar refractivity (Wildman–Crippen MR) is 75.5 cm³/mol. The molecule has 1 aliphatic carbocycles. The molecule has 2 N–H and O–H groups in total. The molecule has 20 heavy (non-hydrogen) atoms. The fourth-order valence-electron chi connectivity index (χ4n) is 1.82. The average molecular weight is 276 g/mol. The van der Waals surface area contributed by atoms with Crippen LogP contribution in [0.5, 0.6) is 5.75 Å². The minimum absolute atomic E-state index is 0.0674. The van der Waals surface area contributed by atoms with Gasteiger partial charge in [0.1, 0.15) is 5.75 Å². The van der Waals surface area contributed by atoms with Crippen LogP contribution in [0.2, 0.25) is 0 Å². The largest absolute Gasteiger partial charge is 0.497 e. The van der Waals surface area contributed by atoms with Gasteiger partial charge in [-0.3, -0.25) is 9.59 Å². The fraction of sp³-hybridized carbons (Fsp3) is 0.467. The van der Waals surface area contributed by atoms with Gasteiger partial charge in [-0.2, -0.15) is 0 Å². The molecule has 2 amide bonds. The monoisotopic (exact) mass is 276 g/mol. The van der Waals surface area contributed by atoms with Gasteiger partial charge in [-0.15, -0.1) is 0 Å². The average Bonchev–Trinajstić information content (AvgIpc) is 3.27. The molecule has 5 nitrogen and oxygen atoms in total. The molecule has 5 heteroatoms. The molecular formula is C15H20N2O3. The molecule has 1 aromatic rings. The van der Waals surface area contributed by atoms with Gasteiger partial charge in [0.2, 0.25) is 11.8 Å². The zero-order valence-corrected chi connectivity index (χ0v) is 11.6. The number of hydrogen-bond donors (Lipinski definition) is 2. The Labute approximate surface area is 118 Å². The summed E-state index contributed by atoms with van der Waals surface area (Å²) < 4.78 is 5.07. The Morgan fingerprint density at radius 2 is 1.90 bits per heavy atom. The quantitative estimate of drug-likeness (QED) is 0.781. The molecule has 0 radical (unpaired) electrons. The van der Waals surface area contributed by atoms with Crippen molar-refractivity contribution in [2.24, 2.45) is 0 Å². The van der Waals surface area contributed by atoms with Crippen molar-refractivity contribution < 1.29 is 14.3 Å². The van der Waals surface area contributed by atoms with Crippen molar-refractivity contribution in [1.29, 1.82) is 0 Å². The number of hydrogen-bond acceptors (Lipinski definition) is 3. The van der Waals surface area contributed by atoms with Crippen LogP contribution in [-0.4, -0.2) is 31.5 Å². The van der Waals surface area contributed by atoms with E-state index >= 15 is 0 Å². The maximum Gasteiger partial charge on any atom is 0.239 e. The molecule has 1 fully saturated rings. The van der Waals surface area contributed by atoms with Crippen LogP contribution < -0.4 is 15.4 Å². The van der Waals surface area contributed by atoms with E-state index in [0.717, 1.165) is 24.2 Å². The molecule has 0 unspecified atom stereocenters. The molecule has 0 heterocycles. The summed E-state index contributed by atoms with van der Waals surface area (Å²) in [4.78, 5) is 23.0. The van der Waals surface area contributed by atoms with Crippen LogP contribution in [0.15, 0.2) is 24.3 Å². The number of nitrogens with one attached hydrogen (secondary N) is 2. The third-order valence-electron chi connectivity index (χ3n) is 3.19. The Hall–Kier alpha value is -2.04. The van der Waals surface area contributed by atoms with E-state index in [-0.39, 0.29) is 18.4 Å². The van der Waals surface area contributed by atoms with Crippen LogP contribution in [0, 0.1) is 0 Å². The number of methoxy groups -OCH3 is 1. The standard InChI is InChI=1S/C15H20N2O3/c1-20-13-7-2-11(3-8-13)4-9-14(18)16-10-15(19)17-12-5-6-12/h2-3,7-8,12H,4-6,9-10H2,1H3,(H,16,18)(H,17,19). The van der Waals surface area contributed by atoms with Crippen molar-refractivity contribution in [3.8, 4) is 5.75 Å². The number of rotatable bonds is 7. The summed E-state index contributed by atoms with van der Waals surface area (Å²) in [6, 6.07) is 7.95.